The highest BCUT2D eigenvalue weighted by Crippen LogP contribution is 2.29. The van der Waals surface area contributed by atoms with Crippen molar-refractivity contribution in [1.29, 1.82) is 0 Å². The van der Waals surface area contributed by atoms with Crippen LogP contribution >= 0.6 is 0 Å². The molecule has 8 heteroatoms. The second-order valence-electron chi connectivity index (χ2n) is 5.03. The molecule has 0 unspecified atom stereocenters. The summed E-state index contributed by atoms with van der Waals surface area (Å²) in [6.07, 6.45) is 2.21. The van der Waals surface area contributed by atoms with Gasteiger partial charge in [-0.3, -0.25) is 9.52 Å². The number of nitrogens with one attached hydrogen (secondary N) is 2. The smallest absolute Gasteiger partial charge is 0.258 e. The number of aromatic nitrogens is 2. The summed E-state index contributed by atoms with van der Waals surface area (Å²) >= 11 is 0. The maximum absolute atomic E-state index is 13.1. The summed E-state index contributed by atoms with van der Waals surface area (Å²) in [4.78, 5) is 18.5. The average molecular weight is 333 g/mol. The molecule has 0 radical (unpaired) electrons. The molecule has 118 valence electrons. The number of H-pyrrole nitrogens is 1. The molecular formula is C15H12FN3O3S. The molecule has 1 aromatic heterocycles. The quantitative estimate of drug-likeness (QED) is 0.768. The van der Waals surface area contributed by atoms with E-state index in [1.165, 1.54) is 18.5 Å². The van der Waals surface area contributed by atoms with Gasteiger partial charge in [0.05, 0.1) is 23.7 Å². The number of hydrogen-bond acceptors (Lipinski definition) is 4. The molecule has 0 atom stereocenters. The Hall–Kier alpha value is -2.74. The van der Waals surface area contributed by atoms with Crippen molar-refractivity contribution in [3.05, 3.63) is 58.9 Å². The number of rotatable bonds is 3. The van der Waals surface area contributed by atoms with Gasteiger partial charge in [0.1, 0.15) is 11.3 Å². The molecule has 23 heavy (non-hydrogen) atoms. The molecule has 0 aliphatic heterocycles. The van der Waals surface area contributed by atoms with Crippen molar-refractivity contribution in [2.24, 2.45) is 0 Å². The Morgan fingerprint density at radius 2 is 1.83 bits per heavy atom. The molecule has 0 spiro atoms. The van der Waals surface area contributed by atoms with Crippen molar-refractivity contribution >= 4 is 26.6 Å². The minimum Gasteiger partial charge on any atom is -0.313 e. The Kier molecular flexibility index (Phi) is 3.61. The lowest BCUT2D eigenvalue weighted by atomic mass is 10.0. The zero-order chi connectivity index (χ0) is 16.6. The van der Waals surface area contributed by atoms with E-state index in [1.54, 1.807) is 24.3 Å². The molecule has 6 nitrogen and oxygen atoms in total. The van der Waals surface area contributed by atoms with E-state index in [2.05, 4.69) is 14.7 Å². The molecule has 0 aliphatic carbocycles. The predicted octanol–water partition coefficient (Wildman–Crippen LogP) is 2.10. The lowest BCUT2D eigenvalue weighted by Crippen LogP contribution is -2.13. The second kappa shape index (κ2) is 5.47. The van der Waals surface area contributed by atoms with Crippen LogP contribution in [-0.4, -0.2) is 24.6 Å². The van der Waals surface area contributed by atoms with Gasteiger partial charge in [-0.05, 0) is 35.4 Å². The lowest BCUT2D eigenvalue weighted by molar-refractivity contribution is 0.607. The Balaban J connectivity index is 2.30. The van der Waals surface area contributed by atoms with Gasteiger partial charge in [-0.25, -0.2) is 17.8 Å². The van der Waals surface area contributed by atoms with Crippen molar-refractivity contribution in [3.63, 3.8) is 0 Å². The summed E-state index contributed by atoms with van der Waals surface area (Å²) in [7, 11) is -3.55. The average Bonchev–Trinajstić information content (AvgIpc) is 2.47. The molecule has 0 fully saturated rings. The number of hydrogen-bond donors (Lipinski definition) is 2. The van der Waals surface area contributed by atoms with Crippen LogP contribution in [0.5, 0.6) is 0 Å². The van der Waals surface area contributed by atoms with Crippen LogP contribution in [0.4, 0.5) is 10.1 Å². The van der Waals surface area contributed by atoms with E-state index in [0.29, 0.717) is 11.1 Å². The molecule has 0 aliphatic rings. The summed E-state index contributed by atoms with van der Waals surface area (Å²) in [6, 6.07) is 8.81. The van der Waals surface area contributed by atoms with E-state index >= 15 is 0 Å². The molecular weight excluding hydrogens is 321 g/mol. The molecule has 3 aromatic rings. The number of halogens is 1. The van der Waals surface area contributed by atoms with Crippen molar-refractivity contribution in [1.82, 2.24) is 9.97 Å². The first-order chi connectivity index (χ1) is 10.8. The molecule has 3 rings (SSSR count). The standard InChI is InChI=1S/C15H12FN3O3S/c1-23(21,22)19-13-7-10(9-2-4-11(16)5-3-9)6-12-14(13)17-8-18-15(12)20/h2-8,19H,1H3,(H,17,18,20). The van der Waals surface area contributed by atoms with Crippen molar-refractivity contribution < 1.29 is 12.8 Å². The first kappa shape index (κ1) is 15.2. The molecule has 0 saturated carbocycles. The highest BCUT2D eigenvalue weighted by atomic mass is 32.2. The van der Waals surface area contributed by atoms with Gasteiger partial charge < -0.3 is 4.98 Å². The van der Waals surface area contributed by atoms with E-state index in [-0.39, 0.29) is 22.4 Å². The maximum Gasteiger partial charge on any atom is 0.258 e. The fraction of sp³-hybridized carbons (Fsp3) is 0.0667. The van der Waals surface area contributed by atoms with Gasteiger partial charge in [0.15, 0.2) is 0 Å². The zero-order valence-corrected chi connectivity index (χ0v) is 12.8. The minimum atomic E-state index is -3.55. The molecule has 0 amide bonds. The van der Waals surface area contributed by atoms with Crippen LogP contribution < -0.4 is 10.3 Å². The Morgan fingerprint density at radius 3 is 2.48 bits per heavy atom. The number of anilines is 1. The van der Waals surface area contributed by atoms with E-state index in [0.717, 1.165) is 6.26 Å². The Labute approximate surface area is 131 Å². The second-order valence-corrected chi connectivity index (χ2v) is 6.78. The first-order valence-electron chi connectivity index (χ1n) is 6.59. The Morgan fingerprint density at radius 1 is 1.13 bits per heavy atom. The van der Waals surface area contributed by atoms with E-state index in [1.807, 2.05) is 0 Å². The highest BCUT2D eigenvalue weighted by Gasteiger charge is 2.12. The molecule has 2 aromatic carbocycles. The number of nitrogens with zero attached hydrogens (tertiary/aromatic N) is 1. The van der Waals surface area contributed by atoms with Crippen LogP contribution in [0.2, 0.25) is 0 Å². The van der Waals surface area contributed by atoms with Gasteiger partial charge >= 0.3 is 0 Å². The summed E-state index contributed by atoms with van der Waals surface area (Å²) in [5.41, 5.74) is 1.26. The van der Waals surface area contributed by atoms with Crippen LogP contribution in [0.15, 0.2) is 47.5 Å². The fourth-order valence-corrected chi connectivity index (χ4v) is 2.82. The fourth-order valence-electron chi connectivity index (χ4n) is 2.27. The highest BCUT2D eigenvalue weighted by molar-refractivity contribution is 7.92. The van der Waals surface area contributed by atoms with Gasteiger partial charge in [0, 0.05) is 0 Å². The van der Waals surface area contributed by atoms with Crippen LogP contribution in [0.3, 0.4) is 0 Å². The number of benzene rings is 2. The summed E-state index contributed by atoms with van der Waals surface area (Å²) in [5, 5.41) is 0.237. The lowest BCUT2D eigenvalue weighted by Gasteiger charge is -2.10. The largest absolute Gasteiger partial charge is 0.313 e. The topological polar surface area (TPSA) is 91.9 Å². The van der Waals surface area contributed by atoms with Gasteiger partial charge in [-0.1, -0.05) is 12.1 Å². The molecule has 1 heterocycles. The minimum absolute atomic E-state index is 0.190. The molecule has 0 saturated heterocycles. The van der Waals surface area contributed by atoms with Gasteiger partial charge in [-0.2, -0.15) is 0 Å². The zero-order valence-electron chi connectivity index (χ0n) is 12.0. The van der Waals surface area contributed by atoms with Crippen molar-refractivity contribution in [2.45, 2.75) is 0 Å². The van der Waals surface area contributed by atoms with Crippen molar-refractivity contribution in [3.8, 4) is 11.1 Å². The van der Waals surface area contributed by atoms with Crippen LogP contribution in [0.25, 0.3) is 22.0 Å². The van der Waals surface area contributed by atoms with Crippen LogP contribution in [-0.2, 0) is 10.0 Å². The van der Waals surface area contributed by atoms with Crippen LogP contribution in [0, 0.1) is 5.82 Å². The third-order valence-electron chi connectivity index (χ3n) is 3.22. The first-order valence-corrected chi connectivity index (χ1v) is 8.48. The molecule has 0 bridgehead atoms. The van der Waals surface area contributed by atoms with E-state index in [4.69, 9.17) is 0 Å². The summed E-state index contributed by atoms with van der Waals surface area (Å²) < 4.78 is 38.5. The third kappa shape index (κ3) is 3.21. The number of sulfonamides is 1. The predicted molar refractivity (Wildman–Crippen MR) is 86.2 cm³/mol. The van der Waals surface area contributed by atoms with E-state index < -0.39 is 15.6 Å². The monoisotopic (exact) mass is 333 g/mol. The summed E-state index contributed by atoms with van der Waals surface area (Å²) in [5.74, 6) is -0.386. The molecule has 2 N–H and O–H groups in total. The van der Waals surface area contributed by atoms with Gasteiger partial charge in [0.2, 0.25) is 10.0 Å². The van der Waals surface area contributed by atoms with E-state index in [9.17, 15) is 17.6 Å². The number of fused-ring (bicyclic) bond motifs is 1. The maximum atomic E-state index is 13.1. The van der Waals surface area contributed by atoms with Crippen molar-refractivity contribution in [2.75, 3.05) is 11.0 Å². The van der Waals surface area contributed by atoms with Crippen LogP contribution in [0.1, 0.15) is 0 Å². The normalized spacial score (nSPS) is 11.6. The third-order valence-corrected chi connectivity index (χ3v) is 3.81. The number of aromatic amines is 1. The summed E-state index contributed by atoms with van der Waals surface area (Å²) in [6.45, 7) is 0. The Bertz CT molecular complexity index is 1040. The SMILES string of the molecule is CS(=O)(=O)Nc1cc(-c2ccc(F)cc2)cc2c(=O)[nH]cnc12. The van der Waals surface area contributed by atoms with Gasteiger partial charge in [-0.15, -0.1) is 0 Å². The van der Waals surface area contributed by atoms with Gasteiger partial charge in [0.25, 0.3) is 5.56 Å².